The molecule has 0 saturated carbocycles. The lowest BCUT2D eigenvalue weighted by atomic mass is 10.4. The second-order valence-electron chi connectivity index (χ2n) is 6.27. The predicted octanol–water partition coefficient (Wildman–Crippen LogP) is 1.75. The number of amides is 1. The van der Waals surface area contributed by atoms with Crippen LogP contribution < -0.4 is 16.0 Å². The second kappa shape index (κ2) is 9.39. The molecule has 1 amide bonds. The zero-order valence-corrected chi connectivity index (χ0v) is 16.6. The van der Waals surface area contributed by atoms with Crippen LogP contribution in [-0.2, 0) is 6.42 Å². The van der Waals surface area contributed by atoms with Crippen LogP contribution in [0.5, 0.6) is 0 Å². The maximum absolute atomic E-state index is 12.0. The summed E-state index contributed by atoms with van der Waals surface area (Å²) in [5.74, 6) is 1.48. The molecule has 26 heavy (non-hydrogen) atoms. The summed E-state index contributed by atoms with van der Waals surface area (Å²) < 4.78 is 0. The molecule has 0 aromatic carbocycles. The Morgan fingerprint density at radius 2 is 1.96 bits per heavy atom. The maximum atomic E-state index is 12.0. The minimum absolute atomic E-state index is 0.0763. The maximum Gasteiger partial charge on any atom is 0.263 e. The summed E-state index contributed by atoms with van der Waals surface area (Å²) in [5.41, 5.74) is 0. The smallest absolute Gasteiger partial charge is 0.263 e. The number of thiazole rings is 1. The number of rotatable bonds is 9. The third-order valence-corrected chi connectivity index (χ3v) is 4.12. The Balaban J connectivity index is 2.08. The number of nitrogens with one attached hydrogen (secondary N) is 3. The third-order valence-electron chi connectivity index (χ3n) is 3.21. The van der Waals surface area contributed by atoms with Crippen molar-refractivity contribution >= 4 is 34.3 Å². The molecule has 0 aliphatic heterocycles. The van der Waals surface area contributed by atoms with Crippen molar-refractivity contribution in [3.63, 3.8) is 0 Å². The molecule has 0 unspecified atom stereocenters. The first-order valence-electron chi connectivity index (χ1n) is 8.54. The summed E-state index contributed by atoms with van der Waals surface area (Å²) in [6, 6.07) is 0.0763. The molecular weight excluding hydrogens is 352 g/mol. The highest BCUT2D eigenvalue weighted by Gasteiger charge is 2.13. The topological polar surface area (TPSA) is 108 Å². The van der Waals surface area contributed by atoms with E-state index in [0.717, 1.165) is 13.1 Å². The van der Waals surface area contributed by atoms with Crippen molar-refractivity contribution in [1.82, 2.24) is 30.2 Å². The van der Waals surface area contributed by atoms with Gasteiger partial charge in [0.25, 0.3) is 5.91 Å². The molecule has 9 nitrogen and oxygen atoms in total. The van der Waals surface area contributed by atoms with E-state index in [0.29, 0.717) is 34.2 Å². The Bertz CT molecular complexity index is 731. The molecule has 0 radical (unpaired) electrons. The minimum Gasteiger partial charge on any atom is -0.353 e. The summed E-state index contributed by atoms with van der Waals surface area (Å²) in [6.45, 7) is 7.42. The standard InChI is InChI=1S/C16H26N8OS/c1-6-12-20-14(17-7-8-24(4)5)22-15(21-12)23-16-18-9-11(26-16)13(25)19-10(2)3/h9-10H,6-8H2,1-5H3,(H,19,25)(H2,17,18,20,21,22,23). The predicted molar refractivity (Wildman–Crippen MR) is 104 cm³/mol. The number of nitrogens with zero attached hydrogens (tertiary/aromatic N) is 5. The molecular formula is C16H26N8OS. The lowest BCUT2D eigenvalue weighted by Gasteiger charge is -2.11. The van der Waals surface area contributed by atoms with Gasteiger partial charge in [-0.3, -0.25) is 10.1 Å². The van der Waals surface area contributed by atoms with Crippen LogP contribution in [0.1, 0.15) is 36.3 Å². The van der Waals surface area contributed by atoms with Gasteiger partial charge in [0.2, 0.25) is 11.9 Å². The van der Waals surface area contributed by atoms with Crippen LogP contribution in [0.15, 0.2) is 6.20 Å². The fourth-order valence-corrected chi connectivity index (χ4v) is 2.68. The molecule has 0 fully saturated rings. The number of carbonyl (C=O) groups is 1. The molecule has 0 spiro atoms. The Kier molecular flexibility index (Phi) is 7.22. The normalized spacial score (nSPS) is 11.0. The number of hydrogen-bond donors (Lipinski definition) is 3. The van der Waals surface area contributed by atoms with E-state index in [1.54, 1.807) is 6.20 Å². The van der Waals surface area contributed by atoms with E-state index < -0.39 is 0 Å². The molecule has 142 valence electrons. The van der Waals surface area contributed by atoms with Gasteiger partial charge < -0.3 is 15.5 Å². The Morgan fingerprint density at radius 3 is 2.62 bits per heavy atom. The van der Waals surface area contributed by atoms with Crippen LogP contribution >= 0.6 is 11.3 Å². The van der Waals surface area contributed by atoms with Crippen LogP contribution in [0, 0.1) is 0 Å². The largest absolute Gasteiger partial charge is 0.353 e. The van der Waals surface area contributed by atoms with E-state index in [1.165, 1.54) is 11.3 Å². The highest BCUT2D eigenvalue weighted by Crippen LogP contribution is 2.21. The number of aryl methyl sites for hydroxylation is 1. The lowest BCUT2D eigenvalue weighted by Crippen LogP contribution is -2.29. The molecule has 0 atom stereocenters. The quantitative estimate of drug-likeness (QED) is 0.606. The highest BCUT2D eigenvalue weighted by molar-refractivity contribution is 7.17. The summed E-state index contributed by atoms with van der Waals surface area (Å²) in [7, 11) is 4.02. The first kappa shape index (κ1) is 20.0. The van der Waals surface area contributed by atoms with Gasteiger partial charge in [-0.2, -0.15) is 15.0 Å². The van der Waals surface area contributed by atoms with Crippen molar-refractivity contribution in [2.24, 2.45) is 0 Å². The van der Waals surface area contributed by atoms with Gasteiger partial charge >= 0.3 is 0 Å². The van der Waals surface area contributed by atoms with Crippen molar-refractivity contribution < 1.29 is 4.79 Å². The molecule has 0 saturated heterocycles. The molecule has 2 rings (SSSR count). The molecule has 10 heteroatoms. The Hall–Kier alpha value is -2.33. The van der Waals surface area contributed by atoms with Crippen molar-refractivity contribution in [2.45, 2.75) is 33.2 Å². The van der Waals surface area contributed by atoms with Crippen LogP contribution in [0.25, 0.3) is 0 Å². The van der Waals surface area contributed by atoms with Crippen LogP contribution in [0.3, 0.4) is 0 Å². The van der Waals surface area contributed by atoms with Crippen molar-refractivity contribution in [3.8, 4) is 0 Å². The Labute approximate surface area is 157 Å². The summed E-state index contributed by atoms with van der Waals surface area (Å²) in [5, 5.41) is 9.66. The summed E-state index contributed by atoms with van der Waals surface area (Å²) in [6.07, 6.45) is 2.24. The van der Waals surface area contributed by atoms with Crippen LogP contribution in [-0.4, -0.2) is 64.0 Å². The van der Waals surface area contributed by atoms with Gasteiger partial charge in [-0.1, -0.05) is 18.3 Å². The van der Waals surface area contributed by atoms with Crippen LogP contribution in [0.4, 0.5) is 17.0 Å². The first-order chi connectivity index (χ1) is 12.4. The van der Waals surface area contributed by atoms with Gasteiger partial charge in [0.1, 0.15) is 10.7 Å². The molecule has 2 aromatic rings. The van der Waals surface area contributed by atoms with Gasteiger partial charge in [-0.15, -0.1) is 0 Å². The molecule has 3 N–H and O–H groups in total. The molecule has 2 aromatic heterocycles. The zero-order valence-electron chi connectivity index (χ0n) is 15.8. The number of carbonyl (C=O) groups excluding carboxylic acids is 1. The zero-order chi connectivity index (χ0) is 19.1. The molecule has 0 bridgehead atoms. The SMILES string of the molecule is CCc1nc(NCCN(C)C)nc(Nc2ncc(C(=O)NC(C)C)s2)n1. The highest BCUT2D eigenvalue weighted by atomic mass is 32.1. The van der Waals surface area contributed by atoms with E-state index in [1.807, 2.05) is 34.9 Å². The van der Waals surface area contributed by atoms with Gasteiger partial charge in [-0.25, -0.2) is 4.98 Å². The average Bonchev–Trinajstić information content (AvgIpc) is 3.02. The van der Waals surface area contributed by atoms with Gasteiger partial charge in [0, 0.05) is 25.6 Å². The van der Waals surface area contributed by atoms with Crippen molar-refractivity contribution in [2.75, 3.05) is 37.8 Å². The summed E-state index contributed by atoms with van der Waals surface area (Å²) >= 11 is 1.26. The monoisotopic (exact) mass is 378 g/mol. The van der Waals surface area contributed by atoms with Crippen molar-refractivity contribution in [1.29, 1.82) is 0 Å². The fourth-order valence-electron chi connectivity index (χ4n) is 1.97. The van der Waals surface area contributed by atoms with Gasteiger partial charge in [0.05, 0.1) is 6.20 Å². The Morgan fingerprint density at radius 1 is 1.23 bits per heavy atom. The van der Waals surface area contributed by atoms with E-state index in [9.17, 15) is 4.79 Å². The molecule has 2 heterocycles. The van der Waals surface area contributed by atoms with E-state index in [2.05, 4.69) is 40.8 Å². The van der Waals surface area contributed by atoms with Gasteiger partial charge in [-0.05, 0) is 27.9 Å². The number of aromatic nitrogens is 4. The summed E-state index contributed by atoms with van der Waals surface area (Å²) in [4.78, 5) is 32.0. The lowest BCUT2D eigenvalue weighted by molar-refractivity contribution is 0.0947. The van der Waals surface area contributed by atoms with Gasteiger partial charge in [0.15, 0.2) is 5.13 Å². The van der Waals surface area contributed by atoms with Crippen molar-refractivity contribution in [3.05, 3.63) is 16.9 Å². The van der Waals surface area contributed by atoms with E-state index in [-0.39, 0.29) is 11.9 Å². The molecule has 0 aliphatic carbocycles. The average molecular weight is 379 g/mol. The number of hydrogen-bond acceptors (Lipinski definition) is 9. The second-order valence-corrected chi connectivity index (χ2v) is 7.30. The van der Waals surface area contributed by atoms with E-state index >= 15 is 0 Å². The minimum atomic E-state index is -0.138. The third kappa shape index (κ3) is 6.19. The van der Waals surface area contributed by atoms with E-state index in [4.69, 9.17) is 0 Å². The van der Waals surface area contributed by atoms with Crippen LogP contribution in [0.2, 0.25) is 0 Å². The number of anilines is 3. The fraction of sp³-hybridized carbons (Fsp3) is 0.562. The molecule has 0 aliphatic rings. The first-order valence-corrected chi connectivity index (χ1v) is 9.36. The number of likely N-dealkylation sites (N-methyl/N-ethyl adjacent to an activating group) is 1.